The van der Waals surface area contributed by atoms with Crippen molar-refractivity contribution in [1.29, 1.82) is 0 Å². The van der Waals surface area contributed by atoms with Gasteiger partial charge in [0.2, 0.25) is 0 Å². The number of rotatable bonds is 4. The Kier molecular flexibility index (Phi) is 6.15. The van der Waals surface area contributed by atoms with Gasteiger partial charge in [0.15, 0.2) is 0 Å². The highest BCUT2D eigenvalue weighted by atomic mass is 35.5. The second kappa shape index (κ2) is 8.35. The lowest BCUT2D eigenvalue weighted by Gasteiger charge is -2.21. The smallest absolute Gasteiger partial charge is 0.263 e. The Morgan fingerprint density at radius 2 is 1.92 bits per heavy atom. The molecule has 0 N–H and O–H groups in total. The van der Waals surface area contributed by atoms with E-state index in [0.717, 1.165) is 55.5 Å². The zero-order valence-corrected chi connectivity index (χ0v) is 16.5. The van der Waals surface area contributed by atoms with Gasteiger partial charge in [-0.25, -0.2) is 0 Å². The first kappa shape index (κ1) is 18.4. The minimum atomic E-state index is 0.196. The minimum absolute atomic E-state index is 0.196. The molecule has 1 aliphatic rings. The van der Waals surface area contributed by atoms with Gasteiger partial charge in [-0.1, -0.05) is 30.7 Å². The molecule has 25 heavy (non-hydrogen) atoms. The minimum Gasteiger partial charge on any atom is -0.337 e. The summed E-state index contributed by atoms with van der Waals surface area (Å²) in [5, 5.41) is 0.772. The molecule has 1 fully saturated rings. The first-order valence-electron chi connectivity index (χ1n) is 8.92. The molecule has 0 radical (unpaired) electrons. The lowest BCUT2D eigenvalue weighted by atomic mass is 10.2. The molecule has 0 aliphatic carbocycles. The summed E-state index contributed by atoms with van der Waals surface area (Å²) in [5.41, 5.74) is 2.51. The average molecular weight is 377 g/mol. The Labute approximate surface area is 159 Å². The summed E-state index contributed by atoms with van der Waals surface area (Å²) in [5.74, 6) is 0.196. The number of carbonyl (C=O) groups is 1. The van der Waals surface area contributed by atoms with Crippen LogP contribution in [0.1, 0.15) is 39.0 Å². The highest BCUT2D eigenvalue weighted by Crippen LogP contribution is 2.24. The molecule has 2 aromatic rings. The number of nitrogens with zero attached hydrogens (tertiary/aromatic N) is 2. The van der Waals surface area contributed by atoms with Crippen molar-refractivity contribution in [2.75, 3.05) is 26.2 Å². The van der Waals surface area contributed by atoms with E-state index in [4.69, 9.17) is 11.6 Å². The molecule has 0 saturated carbocycles. The van der Waals surface area contributed by atoms with Crippen LogP contribution in [-0.2, 0) is 13.0 Å². The molecular weight excluding hydrogens is 352 g/mol. The van der Waals surface area contributed by atoms with Crippen LogP contribution in [0.2, 0.25) is 5.02 Å². The summed E-state index contributed by atoms with van der Waals surface area (Å²) in [7, 11) is 0. The predicted octanol–water partition coefficient (Wildman–Crippen LogP) is 4.62. The fourth-order valence-corrected chi connectivity index (χ4v) is 4.52. The van der Waals surface area contributed by atoms with E-state index in [1.165, 1.54) is 16.0 Å². The molecule has 1 saturated heterocycles. The lowest BCUT2D eigenvalue weighted by Crippen LogP contribution is -2.34. The number of benzene rings is 1. The Bertz CT molecular complexity index is 726. The van der Waals surface area contributed by atoms with Gasteiger partial charge in [-0.05, 0) is 49.1 Å². The second-order valence-corrected chi connectivity index (χ2v) is 8.19. The summed E-state index contributed by atoms with van der Waals surface area (Å²) in [6.07, 6.45) is 2.02. The number of hydrogen-bond donors (Lipinski definition) is 0. The first-order valence-corrected chi connectivity index (χ1v) is 10.1. The fourth-order valence-electron chi connectivity index (χ4n) is 3.31. The van der Waals surface area contributed by atoms with Crippen LogP contribution < -0.4 is 0 Å². The summed E-state index contributed by atoms with van der Waals surface area (Å²) in [4.78, 5) is 19.5. The molecule has 2 heterocycles. The zero-order valence-electron chi connectivity index (χ0n) is 14.9. The van der Waals surface area contributed by atoms with Crippen LogP contribution in [0.3, 0.4) is 0 Å². The summed E-state index contributed by atoms with van der Waals surface area (Å²) < 4.78 is 0. The first-order chi connectivity index (χ1) is 12.1. The molecule has 3 nitrogen and oxygen atoms in total. The number of thiophene rings is 1. The molecule has 0 spiro atoms. The van der Waals surface area contributed by atoms with Crippen molar-refractivity contribution in [3.8, 4) is 0 Å². The Morgan fingerprint density at radius 3 is 2.60 bits per heavy atom. The predicted molar refractivity (Wildman–Crippen MR) is 106 cm³/mol. The average Bonchev–Trinajstić information content (AvgIpc) is 2.84. The molecule has 0 atom stereocenters. The van der Waals surface area contributed by atoms with Gasteiger partial charge in [0.25, 0.3) is 5.91 Å². The largest absolute Gasteiger partial charge is 0.337 e. The van der Waals surface area contributed by atoms with Crippen LogP contribution in [0.4, 0.5) is 0 Å². The quantitative estimate of drug-likeness (QED) is 0.777. The molecule has 134 valence electrons. The van der Waals surface area contributed by atoms with E-state index < -0.39 is 0 Å². The zero-order chi connectivity index (χ0) is 17.8. The molecule has 1 amide bonds. The standard InChI is InChI=1S/C20H25ClN2OS/c1-3-18-15(2)13-19(25-18)20(24)23-10-4-9-22(11-12-23)14-16-5-7-17(21)8-6-16/h5-8,13H,3-4,9-12,14H2,1-2H3. The molecule has 1 aromatic heterocycles. The van der Waals surface area contributed by atoms with Crippen LogP contribution in [0, 0.1) is 6.92 Å². The van der Waals surface area contributed by atoms with Crippen LogP contribution in [-0.4, -0.2) is 41.9 Å². The monoisotopic (exact) mass is 376 g/mol. The number of amides is 1. The maximum absolute atomic E-state index is 12.8. The third-order valence-electron chi connectivity index (χ3n) is 4.75. The van der Waals surface area contributed by atoms with Gasteiger partial charge in [-0.2, -0.15) is 0 Å². The van der Waals surface area contributed by atoms with E-state index in [0.29, 0.717) is 0 Å². The van der Waals surface area contributed by atoms with Gasteiger partial charge < -0.3 is 4.90 Å². The van der Waals surface area contributed by atoms with Gasteiger partial charge >= 0.3 is 0 Å². The molecule has 3 rings (SSSR count). The van der Waals surface area contributed by atoms with E-state index in [1.807, 2.05) is 17.0 Å². The Balaban J connectivity index is 1.60. The van der Waals surface area contributed by atoms with Crippen molar-refractivity contribution in [2.45, 2.75) is 33.2 Å². The van der Waals surface area contributed by atoms with Crippen LogP contribution in [0.5, 0.6) is 0 Å². The van der Waals surface area contributed by atoms with E-state index in [1.54, 1.807) is 11.3 Å². The Morgan fingerprint density at radius 1 is 1.16 bits per heavy atom. The molecule has 5 heteroatoms. The topological polar surface area (TPSA) is 23.6 Å². The van der Waals surface area contributed by atoms with Crippen molar-refractivity contribution in [3.63, 3.8) is 0 Å². The van der Waals surface area contributed by atoms with E-state index in [-0.39, 0.29) is 5.91 Å². The number of carbonyl (C=O) groups excluding carboxylic acids is 1. The molecule has 1 aliphatic heterocycles. The van der Waals surface area contributed by atoms with Crippen LogP contribution >= 0.6 is 22.9 Å². The van der Waals surface area contributed by atoms with Gasteiger partial charge in [0.05, 0.1) is 4.88 Å². The third kappa shape index (κ3) is 4.63. The van der Waals surface area contributed by atoms with E-state index >= 15 is 0 Å². The fraction of sp³-hybridized carbons (Fsp3) is 0.450. The summed E-state index contributed by atoms with van der Waals surface area (Å²) in [6.45, 7) is 8.74. The van der Waals surface area contributed by atoms with Gasteiger partial charge in [-0.3, -0.25) is 9.69 Å². The summed E-state index contributed by atoms with van der Waals surface area (Å²) >= 11 is 7.61. The van der Waals surface area contributed by atoms with Crippen molar-refractivity contribution in [2.24, 2.45) is 0 Å². The number of hydrogen-bond acceptors (Lipinski definition) is 3. The van der Waals surface area contributed by atoms with Crippen molar-refractivity contribution >= 4 is 28.8 Å². The molecule has 0 bridgehead atoms. The SMILES string of the molecule is CCc1sc(C(=O)N2CCCN(Cc3ccc(Cl)cc3)CC2)cc1C. The van der Waals surface area contributed by atoms with Crippen molar-refractivity contribution in [3.05, 3.63) is 56.2 Å². The van der Waals surface area contributed by atoms with Gasteiger partial charge in [0.1, 0.15) is 0 Å². The van der Waals surface area contributed by atoms with Gasteiger partial charge in [-0.15, -0.1) is 11.3 Å². The van der Waals surface area contributed by atoms with E-state index in [2.05, 4.69) is 36.9 Å². The summed E-state index contributed by atoms with van der Waals surface area (Å²) in [6, 6.07) is 10.1. The van der Waals surface area contributed by atoms with Crippen LogP contribution in [0.25, 0.3) is 0 Å². The van der Waals surface area contributed by atoms with Crippen LogP contribution in [0.15, 0.2) is 30.3 Å². The highest BCUT2D eigenvalue weighted by Gasteiger charge is 2.22. The highest BCUT2D eigenvalue weighted by molar-refractivity contribution is 7.14. The van der Waals surface area contributed by atoms with Crippen molar-refractivity contribution < 1.29 is 4.79 Å². The maximum Gasteiger partial charge on any atom is 0.263 e. The Hall–Kier alpha value is -1.36. The number of halogens is 1. The van der Waals surface area contributed by atoms with E-state index in [9.17, 15) is 4.79 Å². The normalized spacial score (nSPS) is 16.0. The molecule has 1 aromatic carbocycles. The second-order valence-electron chi connectivity index (χ2n) is 6.62. The molecule has 0 unspecified atom stereocenters. The molecular formula is C20H25ClN2OS. The lowest BCUT2D eigenvalue weighted by molar-refractivity contribution is 0.0766. The van der Waals surface area contributed by atoms with Gasteiger partial charge in [0, 0.05) is 42.6 Å². The number of aryl methyl sites for hydroxylation is 2. The third-order valence-corrected chi connectivity index (χ3v) is 6.37. The maximum atomic E-state index is 12.8. The van der Waals surface area contributed by atoms with Crippen molar-refractivity contribution in [1.82, 2.24) is 9.80 Å².